The van der Waals surface area contributed by atoms with E-state index >= 15 is 0 Å². The summed E-state index contributed by atoms with van der Waals surface area (Å²) in [6.07, 6.45) is 0.926. The van der Waals surface area contributed by atoms with Crippen molar-refractivity contribution in [3.8, 4) is 11.5 Å². The molecule has 0 saturated heterocycles. The fraction of sp³-hybridized carbons (Fsp3) is 0.308. The van der Waals surface area contributed by atoms with Gasteiger partial charge < -0.3 is 19.9 Å². The van der Waals surface area contributed by atoms with Crippen LogP contribution in [0.25, 0.3) is 0 Å². The molecule has 0 bridgehead atoms. The lowest BCUT2D eigenvalue weighted by molar-refractivity contribution is -0.138. The number of hydrogen-bond donors (Lipinski definition) is 2. The summed E-state index contributed by atoms with van der Waals surface area (Å²) in [5, 5.41) is 13.4. The Morgan fingerprint density at radius 2 is 1.94 bits per heavy atom. The minimum absolute atomic E-state index is 0.0303. The first-order valence-corrected chi connectivity index (χ1v) is 10.8. The molecule has 2 atom stereocenters. The predicted molar refractivity (Wildman–Crippen MR) is 120 cm³/mol. The van der Waals surface area contributed by atoms with Gasteiger partial charge in [0.25, 0.3) is 0 Å². The molecule has 0 saturated carbocycles. The molecule has 0 aromatic heterocycles. The molecule has 2 aromatic carbocycles. The van der Waals surface area contributed by atoms with Crippen molar-refractivity contribution >= 4 is 11.8 Å². The number of allylic oxidation sites excluding steroid dienone is 3. The van der Waals surface area contributed by atoms with E-state index in [1.54, 1.807) is 32.2 Å². The number of para-hydroxylation sites is 1. The van der Waals surface area contributed by atoms with E-state index in [4.69, 9.17) is 9.47 Å². The summed E-state index contributed by atoms with van der Waals surface area (Å²) in [4.78, 5) is 26.4. The summed E-state index contributed by atoms with van der Waals surface area (Å²) in [7, 11) is 1.63. The summed E-state index contributed by atoms with van der Waals surface area (Å²) >= 11 is 0. The van der Waals surface area contributed by atoms with Crippen LogP contribution in [0, 0.1) is 0 Å². The highest BCUT2D eigenvalue weighted by Gasteiger charge is 2.41. The number of ketones is 1. The lowest BCUT2D eigenvalue weighted by Crippen LogP contribution is -2.36. The van der Waals surface area contributed by atoms with Crippen molar-refractivity contribution in [2.75, 3.05) is 13.7 Å². The van der Waals surface area contributed by atoms with Crippen molar-refractivity contribution in [2.24, 2.45) is 0 Å². The van der Waals surface area contributed by atoms with Gasteiger partial charge in [0.05, 0.1) is 19.3 Å². The topological polar surface area (TPSA) is 84.9 Å². The molecule has 32 heavy (non-hydrogen) atoms. The van der Waals surface area contributed by atoms with E-state index in [2.05, 4.69) is 5.32 Å². The van der Waals surface area contributed by atoms with Crippen LogP contribution in [0.5, 0.6) is 11.5 Å². The molecule has 0 radical (unpaired) electrons. The Labute approximate surface area is 187 Å². The fourth-order valence-electron chi connectivity index (χ4n) is 4.78. The van der Waals surface area contributed by atoms with E-state index in [0.29, 0.717) is 35.2 Å². The monoisotopic (exact) mass is 433 g/mol. The van der Waals surface area contributed by atoms with Crippen LogP contribution in [0.1, 0.15) is 49.7 Å². The number of dihydropyridines is 1. The number of phenolic OH excluding ortho intramolecular Hbond substituents is 1. The molecule has 2 aliphatic rings. The molecule has 2 N–H and O–H groups in total. The molecule has 4 rings (SSSR count). The highest BCUT2D eigenvalue weighted by atomic mass is 16.5. The van der Waals surface area contributed by atoms with Gasteiger partial charge in [-0.25, -0.2) is 4.79 Å². The Morgan fingerprint density at radius 1 is 1.16 bits per heavy atom. The Hall–Kier alpha value is -3.54. The number of carbonyl (C=O) groups is 2. The third-order valence-corrected chi connectivity index (χ3v) is 6.11. The number of phenols is 1. The lowest BCUT2D eigenvalue weighted by atomic mass is 9.71. The number of methoxy groups -OCH3 is 1. The SMILES string of the molecule is CCOC(=O)C1=C(C)NC2=C(C(=O)C[C@H](c3ccccc3OC)C2)[C@@H]1c1cccc(O)c1. The maximum atomic E-state index is 13.5. The van der Waals surface area contributed by atoms with Crippen LogP contribution in [0.15, 0.2) is 71.1 Å². The van der Waals surface area contributed by atoms with Crippen molar-refractivity contribution in [2.45, 2.75) is 38.5 Å². The molecule has 6 heteroatoms. The Morgan fingerprint density at radius 3 is 2.66 bits per heavy atom. The normalized spacial score (nSPS) is 20.5. The zero-order chi connectivity index (χ0) is 22.8. The quantitative estimate of drug-likeness (QED) is 0.683. The summed E-state index contributed by atoms with van der Waals surface area (Å²) in [5.74, 6) is -0.280. The number of esters is 1. The molecule has 0 unspecified atom stereocenters. The second-order valence-corrected chi connectivity index (χ2v) is 8.07. The number of rotatable bonds is 5. The summed E-state index contributed by atoms with van der Waals surface area (Å²) < 4.78 is 10.8. The third kappa shape index (κ3) is 3.88. The van der Waals surface area contributed by atoms with E-state index < -0.39 is 11.9 Å². The third-order valence-electron chi connectivity index (χ3n) is 6.11. The molecular formula is C26H27NO5. The molecule has 1 aliphatic heterocycles. The van der Waals surface area contributed by atoms with Gasteiger partial charge in [0.2, 0.25) is 0 Å². The maximum Gasteiger partial charge on any atom is 0.336 e. The Kier molecular flexibility index (Phi) is 6.04. The van der Waals surface area contributed by atoms with Gasteiger partial charge in [-0.05, 0) is 49.6 Å². The second kappa shape index (κ2) is 8.91. The van der Waals surface area contributed by atoms with Crippen LogP contribution in [-0.2, 0) is 14.3 Å². The van der Waals surface area contributed by atoms with Crippen LogP contribution in [0.3, 0.4) is 0 Å². The minimum Gasteiger partial charge on any atom is -0.508 e. The molecule has 2 aromatic rings. The number of nitrogens with one attached hydrogen (secondary N) is 1. The van der Waals surface area contributed by atoms with Crippen LogP contribution < -0.4 is 10.1 Å². The van der Waals surface area contributed by atoms with Crippen molar-refractivity contribution in [1.29, 1.82) is 0 Å². The van der Waals surface area contributed by atoms with Crippen molar-refractivity contribution < 1.29 is 24.2 Å². The number of ether oxygens (including phenoxy) is 2. The highest BCUT2D eigenvalue weighted by Crippen LogP contribution is 2.47. The molecule has 1 heterocycles. The van der Waals surface area contributed by atoms with Crippen LogP contribution in [0.4, 0.5) is 0 Å². The van der Waals surface area contributed by atoms with Crippen LogP contribution in [0.2, 0.25) is 0 Å². The zero-order valence-electron chi connectivity index (χ0n) is 18.5. The molecule has 0 amide bonds. The van der Waals surface area contributed by atoms with E-state index in [0.717, 1.165) is 17.0 Å². The molecule has 0 fully saturated rings. The largest absolute Gasteiger partial charge is 0.508 e. The Bertz CT molecular complexity index is 1130. The second-order valence-electron chi connectivity index (χ2n) is 8.07. The summed E-state index contributed by atoms with van der Waals surface area (Å²) in [5.41, 5.74) is 4.10. The molecule has 6 nitrogen and oxygen atoms in total. The van der Waals surface area contributed by atoms with Crippen molar-refractivity contribution in [3.63, 3.8) is 0 Å². The van der Waals surface area contributed by atoms with Gasteiger partial charge in [0.15, 0.2) is 5.78 Å². The highest BCUT2D eigenvalue weighted by molar-refractivity contribution is 6.04. The van der Waals surface area contributed by atoms with Gasteiger partial charge in [-0.2, -0.15) is 0 Å². The smallest absolute Gasteiger partial charge is 0.336 e. The first-order chi connectivity index (χ1) is 15.4. The lowest BCUT2D eigenvalue weighted by Gasteiger charge is -2.37. The maximum absolute atomic E-state index is 13.5. The summed E-state index contributed by atoms with van der Waals surface area (Å²) in [6, 6.07) is 14.5. The Balaban J connectivity index is 1.81. The molecule has 166 valence electrons. The minimum atomic E-state index is -0.594. The first-order valence-electron chi connectivity index (χ1n) is 10.8. The van der Waals surface area contributed by atoms with Gasteiger partial charge in [0.1, 0.15) is 11.5 Å². The standard InChI is InChI=1S/C26H27NO5/c1-4-32-26(30)23-15(2)27-20-13-17(19-10-5-6-11-22(19)31-3)14-21(29)25(20)24(23)16-8-7-9-18(28)12-16/h5-12,17,24,27-28H,4,13-14H2,1-3H3/t17-,24-/m1/s1. The van der Waals surface area contributed by atoms with E-state index in [9.17, 15) is 14.7 Å². The van der Waals surface area contributed by atoms with Crippen molar-refractivity contribution in [3.05, 3.63) is 82.2 Å². The average molecular weight is 434 g/mol. The predicted octanol–water partition coefficient (Wildman–Crippen LogP) is 4.33. The fourth-order valence-corrected chi connectivity index (χ4v) is 4.78. The number of carbonyl (C=O) groups excluding carboxylic acids is 2. The van der Waals surface area contributed by atoms with Gasteiger partial charge in [0, 0.05) is 35.2 Å². The van der Waals surface area contributed by atoms with E-state index in [1.807, 2.05) is 37.3 Å². The number of Topliss-reactive ketones (excluding diaryl/α,β-unsaturated/α-hetero) is 1. The molecular weight excluding hydrogens is 406 g/mol. The van der Waals surface area contributed by atoms with Crippen LogP contribution in [-0.4, -0.2) is 30.6 Å². The van der Waals surface area contributed by atoms with E-state index in [-0.39, 0.29) is 24.1 Å². The molecule has 1 aliphatic carbocycles. The number of hydrogen-bond acceptors (Lipinski definition) is 6. The average Bonchev–Trinajstić information content (AvgIpc) is 2.78. The van der Waals surface area contributed by atoms with E-state index in [1.165, 1.54) is 0 Å². The van der Waals surface area contributed by atoms with Gasteiger partial charge >= 0.3 is 5.97 Å². The van der Waals surface area contributed by atoms with Gasteiger partial charge in [-0.1, -0.05) is 30.3 Å². The van der Waals surface area contributed by atoms with Crippen LogP contribution >= 0.6 is 0 Å². The molecule has 0 spiro atoms. The van der Waals surface area contributed by atoms with Gasteiger partial charge in [-0.15, -0.1) is 0 Å². The zero-order valence-corrected chi connectivity index (χ0v) is 18.5. The van der Waals surface area contributed by atoms with Gasteiger partial charge in [-0.3, -0.25) is 4.79 Å². The number of aromatic hydroxyl groups is 1. The van der Waals surface area contributed by atoms with Crippen molar-refractivity contribution in [1.82, 2.24) is 5.32 Å². The summed E-state index contributed by atoms with van der Waals surface area (Å²) in [6.45, 7) is 3.81. The first kappa shape index (κ1) is 21.7. The number of benzene rings is 2.